The van der Waals surface area contributed by atoms with Gasteiger partial charge in [-0.3, -0.25) is 4.79 Å². The van der Waals surface area contributed by atoms with Crippen LogP contribution in [0.25, 0.3) is 0 Å². The van der Waals surface area contributed by atoms with Crippen LogP contribution in [0.15, 0.2) is 29.2 Å². The number of hydrogen-bond donors (Lipinski definition) is 1. The van der Waals surface area contributed by atoms with Crippen LogP contribution in [0.5, 0.6) is 0 Å². The summed E-state index contributed by atoms with van der Waals surface area (Å²) in [5.74, 6) is -0.00431. The molecular weight excluding hydrogens is 246 g/mol. The van der Waals surface area contributed by atoms with Gasteiger partial charge in [0, 0.05) is 18.0 Å². The highest BCUT2D eigenvalue weighted by Gasteiger charge is 2.13. The highest BCUT2D eigenvalue weighted by Crippen LogP contribution is 2.19. The minimum atomic E-state index is -0.739. The second-order valence-corrected chi connectivity index (χ2v) is 5.85. The van der Waals surface area contributed by atoms with Crippen molar-refractivity contribution in [3.05, 3.63) is 29.8 Å². The van der Waals surface area contributed by atoms with Gasteiger partial charge in [-0.1, -0.05) is 26.0 Å². The second kappa shape index (κ2) is 7.44. The first-order valence-corrected chi connectivity index (χ1v) is 7.14. The van der Waals surface area contributed by atoms with Crippen LogP contribution in [0.1, 0.15) is 19.4 Å². The van der Waals surface area contributed by atoms with Gasteiger partial charge in [0.2, 0.25) is 0 Å². The molecule has 100 valence electrons. The number of thioether (sulfide) groups is 1. The summed E-state index contributed by atoms with van der Waals surface area (Å²) in [5.41, 5.74) is 1.23. The van der Waals surface area contributed by atoms with E-state index in [1.54, 1.807) is 6.92 Å². The molecule has 1 N–H and O–H groups in total. The molecule has 0 aliphatic heterocycles. The predicted molar refractivity (Wildman–Crippen MR) is 76.0 cm³/mol. The summed E-state index contributed by atoms with van der Waals surface area (Å²) in [6, 6.07) is 8.43. The zero-order valence-electron chi connectivity index (χ0n) is 11.2. The molecule has 1 unspecified atom stereocenters. The first-order valence-electron chi connectivity index (χ1n) is 6.16. The standard InChI is InChI=1S/C14H21NO2S/c1-4-18-13-7-5-6-12(8-13)10-15(3)9-11(2)14(16)17/h5-8,11H,4,9-10H2,1-3H3,(H,16,17). The zero-order chi connectivity index (χ0) is 13.5. The van der Waals surface area contributed by atoms with Gasteiger partial charge in [-0.05, 0) is 30.5 Å². The van der Waals surface area contributed by atoms with Gasteiger partial charge in [0.1, 0.15) is 0 Å². The molecule has 0 fully saturated rings. The summed E-state index contributed by atoms with van der Waals surface area (Å²) < 4.78 is 0. The molecule has 1 atom stereocenters. The van der Waals surface area contributed by atoms with Gasteiger partial charge >= 0.3 is 5.97 Å². The molecule has 1 rings (SSSR count). The second-order valence-electron chi connectivity index (χ2n) is 4.52. The Bertz CT molecular complexity index is 395. The fourth-order valence-electron chi connectivity index (χ4n) is 1.82. The van der Waals surface area contributed by atoms with E-state index < -0.39 is 5.97 Å². The number of hydrogen-bond acceptors (Lipinski definition) is 3. The smallest absolute Gasteiger partial charge is 0.307 e. The molecule has 0 aliphatic rings. The Morgan fingerprint density at radius 2 is 2.22 bits per heavy atom. The highest BCUT2D eigenvalue weighted by atomic mass is 32.2. The molecule has 0 aromatic heterocycles. The predicted octanol–water partition coefficient (Wildman–Crippen LogP) is 2.95. The molecule has 0 heterocycles. The van der Waals surface area contributed by atoms with E-state index in [4.69, 9.17) is 5.11 Å². The van der Waals surface area contributed by atoms with Crippen molar-refractivity contribution in [1.29, 1.82) is 0 Å². The first kappa shape index (κ1) is 15.1. The average molecular weight is 267 g/mol. The van der Waals surface area contributed by atoms with E-state index in [1.807, 2.05) is 18.8 Å². The summed E-state index contributed by atoms with van der Waals surface area (Å²) in [4.78, 5) is 14.1. The van der Waals surface area contributed by atoms with Crippen LogP contribution in [0.2, 0.25) is 0 Å². The van der Waals surface area contributed by atoms with Crippen LogP contribution in [-0.2, 0) is 11.3 Å². The van der Waals surface area contributed by atoms with Gasteiger partial charge in [0.05, 0.1) is 5.92 Å². The van der Waals surface area contributed by atoms with Gasteiger partial charge in [-0.25, -0.2) is 0 Å². The molecular formula is C14H21NO2S. The Morgan fingerprint density at radius 3 is 2.83 bits per heavy atom. The van der Waals surface area contributed by atoms with Gasteiger partial charge in [0.15, 0.2) is 0 Å². The van der Waals surface area contributed by atoms with Crippen LogP contribution < -0.4 is 0 Å². The Morgan fingerprint density at radius 1 is 1.50 bits per heavy atom. The van der Waals surface area contributed by atoms with Crippen LogP contribution in [-0.4, -0.2) is 35.3 Å². The monoisotopic (exact) mass is 267 g/mol. The molecule has 1 aromatic rings. The quantitative estimate of drug-likeness (QED) is 0.771. The average Bonchev–Trinajstić information content (AvgIpc) is 2.29. The lowest BCUT2D eigenvalue weighted by molar-refractivity contribution is -0.141. The van der Waals surface area contributed by atoms with Crippen molar-refractivity contribution < 1.29 is 9.90 Å². The molecule has 1 aromatic carbocycles. The zero-order valence-corrected chi connectivity index (χ0v) is 12.0. The molecule has 4 heteroatoms. The molecule has 0 saturated carbocycles. The number of rotatable bonds is 7. The number of carboxylic acids is 1. The summed E-state index contributed by atoms with van der Waals surface area (Å²) in [5, 5.41) is 8.88. The summed E-state index contributed by atoms with van der Waals surface area (Å²) in [7, 11) is 1.96. The van der Waals surface area contributed by atoms with Crippen molar-refractivity contribution >= 4 is 17.7 Å². The SMILES string of the molecule is CCSc1cccc(CN(C)CC(C)C(=O)O)c1. The maximum absolute atomic E-state index is 10.8. The molecule has 0 amide bonds. The van der Waals surface area contributed by atoms with Gasteiger partial charge in [-0.15, -0.1) is 11.8 Å². The van der Waals surface area contributed by atoms with E-state index in [0.717, 1.165) is 12.3 Å². The van der Waals surface area contributed by atoms with Gasteiger partial charge in [-0.2, -0.15) is 0 Å². The van der Waals surface area contributed by atoms with E-state index in [1.165, 1.54) is 10.5 Å². The van der Waals surface area contributed by atoms with Crippen molar-refractivity contribution in [2.45, 2.75) is 25.3 Å². The molecule has 18 heavy (non-hydrogen) atoms. The fourth-order valence-corrected chi connectivity index (χ4v) is 2.56. The van der Waals surface area contributed by atoms with Crippen LogP contribution in [0.3, 0.4) is 0 Å². The Kier molecular flexibility index (Phi) is 6.22. The minimum absolute atomic E-state index is 0.330. The van der Waals surface area contributed by atoms with Crippen LogP contribution in [0, 0.1) is 5.92 Å². The molecule has 0 saturated heterocycles. The molecule has 0 bridgehead atoms. The Balaban J connectivity index is 2.55. The number of carbonyl (C=O) groups is 1. The fraction of sp³-hybridized carbons (Fsp3) is 0.500. The third kappa shape index (κ3) is 5.10. The summed E-state index contributed by atoms with van der Waals surface area (Å²) >= 11 is 1.82. The number of benzene rings is 1. The lowest BCUT2D eigenvalue weighted by atomic mass is 10.1. The normalized spacial score (nSPS) is 12.7. The minimum Gasteiger partial charge on any atom is -0.481 e. The summed E-state index contributed by atoms with van der Waals surface area (Å²) in [6.07, 6.45) is 0. The van der Waals surface area contributed by atoms with Crippen LogP contribution in [0.4, 0.5) is 0 Å². The van der Waals surface area contributed by atoms with Crippen molar-refractivity contribution in [3.8, 4) is 0 Å². The van der Waals surface area contributed by atoms with Crippen molar-refractivity contribution in [2.75, 3.05) is 19.3 Å². The largest absolute Gasteiger partial charge is 0.481 e. The van der Waals surface area contributed by atoms with Crippen molar-refractivity contribution in [1.82, 2.24) is 4.90 Å². The lowest BCUT2D eigenvalue weighted by Gasteiger charge is -2.19. The van der Waals surface area contributed by atoms with E-state index in [2.05, 4.69) is 36.1 Å². The van der Waals surface area contributed by atoms with Crippen molar-refractivity contribution in [3.63, 3.8) is 0 Å². The highest BCUT2D eigenvalue weighted by molar-refractivity contribution is 7.99. The van der Waals surface area contributed by atoms with Crippen LogP contribution >= 0.6 is 11.8 Å². The summed E-state index contributed by atoms with van der Waals surface area (Å²) in [6.45, 7) is 5.23. The van der Waals surface area contributed by atoms with E-state index >= 15 is 0 Å². The maximum Gasteiger partial charge on any atom is 0.307 e. The Labute approximate surface area is 113 Å². The molecule has 0 spiro atoms. The van der Waals surface area contributed by atoms with E-state index in [-0.39, 0.29) is 5.92 Å². The number of carboxylic acid groups (broad SMARTS) is 1. The lowest BCUT2D eigenvalue weighted by Crippen LogP contribution is -2.28. The number of aliphatic carboxylic acids is 1. The third-order valence-corrected chi connectivity index (χ3v) is 3.54. The molecule has 0 radical (unpaired) electrons. The topological polar surface area (TPSA) is 40.5 Å². The molecule has 0 aliphatic carbocycles. The van der Waals surface area contributed by atoms with E-state index in [0.29, 0.717) is 6.54 Å². The van der Waals surface area contributed by atoms with Crippen molar-refractivity contribution in [2.24, 2.45) is 5.92 Å². The number of nitrogens with zero attached hydrogens (tertiary/aromatic N) is 1. The van der Waals surface area contributed by atoms with E-state index in [9.17, 15) is 4.79 Å². The van der Waals surface area contributed by atoms with Gasteiger partial charge < -0.3 is 10.0 Å². The third-order valence-electron chi connectivity index (χ3n) is 2.67. The molecule has 3 nitrogen and oxygen atoms in total. The van der Waals surface area contributed by atoms with Gasteiger partial charge in [0.25, 0.3) is 0 Å². The maximum atomic E-state index is 10.8. The first-order chi connectivity index (χ1) is 8.52. The Hall–Kier alpha value is -1.00.